The van der Waals surface area contributed by atoms with Crippen molar-refractivity contribution in [3.05, 3.63) is 41.4 Å². The molecule has 0 radical (unpaired) electrons. The molecule has 3 aliphatic heterocycles. The summed E-state index contributed by atoms with van der Waals surface area (Å²) in [5.41, 5.74) is 2.92. The summed E-state index contributed by atoms with van der Waals surface area (Å²) >= 11 is 1.80. The van der Waals surface area contributed by atoms with Gasteiger partial charge in [-0.05, 0) is 25.0 Å². The normalized spacial score (nSPS) is 20.6. The molecule has 7 rings (SSSR count). The molecule has 3 aromatic heterocycles. The van der Waals surface area contributed by atoms with Crippen LogP contribution in [0.3, 0.4) is 0 Å². The standard InChI is InChI=1S/C27H30N6O3S/c34-23-16-36-27(17-29-23)5-7-32(8-6-27)15-18-13-22-24(37-18)26(33-9-11-35-12-10-33)31-25(30-22)20-14-28-21-4-2-1-3-19(20)21/h1-4,13-14,28H,5-12,15-17H2,(H,29,34). The van der Waals surface area contributed by atoms with Crippen LogP contribution in [0.1, 0.15) is 17.7 Å². The van der Waals surface area contributed by atoms with Crippen molar-refractivity contribution in [1.82, 2.24) is 25.2 Å². The zero-order valence-electron chi connectivity index (χ0n) is 20.7. The smallest absolute Gasteiger partial charge is 0.246 e. The maximum absolute atomic E-state index is 11.5. The summed E-state index contributed by atoms with van der Waals surface area (Å²) in [6.45, 7) is 6.67. The number of aromatic amines is 1. The van der Waals surface area contributed by atoms with E-state index in [9.17, 15) is 4.79 Å². The third-order valence-electron chi connectivity index (χ3n) is 7.81. The first-order valence-electron chi connectivity index (χ1n) is 13.0. The van der Waals surface area contributed by atoms with Gasteiger partial charge in [0.25, 0.3) is 0 Å². The molecule has 3 fully saturated rings. The van der Waals surface area contributed by atoms with Crippen molar-refractivity contribution < 1.29 is 14.3 Å². The van der Waals surface area contributed by atoms with Gasteiger partial charge in [-0.3, -0.25) is 9.69 Å². The number of rotatable bonds is 4. The van der Waals surface area contributed by atoms with E-state index in [0.717, 1.165) is 83.9 Å². The van der Waals surface area contributed by atoms with E-state index in [0.29, 0.717) is 19.8 Å². The minimum absolute atomic E-state index is 0.0116. The highest BCUT2D eigenvalue weighted by Gasteiger charge is 2.39. The lowest BCUT2D eigenvalue weighted by molar-refractivity contribution is -0.150. The zero-order valence-corrected chi connectivity index (χ0v) is 21.5. The molecule has 1 amide bonds. The summed E-state index contributed by atoms with van der Waals surface area (Å²) in [5, 5.41) is 4.11. The van der Waals surface area contributed by atoms with Crippen LogP contribution in [-0.4, -0.2) is 83.9 Å². The molecule has 0 saturated carbocycles. The Hall–Kier alpha value is -3.05. The van der Waals surface area contributed by atoms with Crippen LogP contribution in [0.2, 0.25) is 0 Å². The SMILES string of the molecule is O=C1COC2(CCN(Cc3cc4nc(-c5c[nH]c6ccccc56)nc(N5CCOCC5)c4s3)CC2)CN1. The predicted molar refractivity (Wildman–Crippen MR) is 144 cm³/mol. The molecule has 1 aromatic carbocycles. The van der Waals surface area contributed by atoms with Crippen molar-refractivity contribution in [2.45, 2.75) is 25.0 Å². The molecule has 2 N–H and O–H groups in total. The number of anilines is 1. The number of aromatic nitrogens is 3. The van der Waals surface area contributed by atoms with Crippen LogP contribution < -0.4 is 10.2 Å². The summed E-state index contributed by atoms with van der Waals surface area (Å²) in [6.07, 6.45) is 3.88. The van der Waals surface area contributed by atoms with Crippen LogP contribution in [0.4, 0.5) is 5.82 Å². The van der Waals surface area contributed by atoms with Gasteiger partial charge >= 0.3 is 0 Å². The second kappa shape index (κ2) is 9.36. The van der Waals surface area contributed by atoms with Crippen molar-refractivity contribution >= 4 is 44.2 Å². The van der Waals surface area contributed by atoms with Crippen LogP contribution in [0, 0.1) is 0 Å². The van der Waals surface area contributed by atoms with Crippen molar-refractivity contribution in [2.75, 3.05) is 57.4 Å². The van der Waals surface area contributed by atoms with E-state index in [1.54, 1.807) is 11.3 Å². The topological polar surface area (TPSA) is 95.6 Å². The van der Waals surface area contributed by atoms with Gasteiger partial charge in [-0.2, -0.15) is 0 Å². The van der Waals surface area contributed by atoms with Crippen LogP contribution in [-0.2, 0) is 20.8 Å². The first kappa shape index (κ1) is 23.1. The first-order valence-corrected chi connectivity index (χ1v) is 13.8. The molecule has 0 bridgehead atoms. The number of morpholine rings is 2. The summed E-state index contributed by atoms with van der Waals surface area (Å²) in [4.78, 5) is 31.2. The number of amides is 1. The molecule has 0 unspecified atom stereocenters. The van der Waals surface area contributed by atoms with Gasteiger partial charge in [-0.25, -0.2) is 9.97 Å². The Kier molecular flexibility index (Phi) is 5.84. The van der Waals surface area contributed by atoms with Crippen LogP contribution in [0.5, 0.6) is 0 Å². The quantitative estimate of drug-likeness (QED) is 0.429. The van der Waals surface area contributed by atoms with E-state index in [1.165, 1.54) is 4.88 Å². The predicted octanol–water partition coefficient (Wildman–Crippen LogP) is 3.16. The van der Waals surface area contributed by atoms with Crippen molar-refractivity contribution in [1.29, 1.82) is 0 Å². The van der Waals surface area contributed by atoms with Crippen molar-refractivity contribution in [3.63, 3.8) is 0 Å². The van der Waals surface area contributed by atoms with Crippen LogP contribution >= 0.6 is 11.3 Å². The number of likely N-dealkylation sites (tertiary alicyclic amines) is 1. The third-order valence-corrected chi connectivity index (χ3v) is 8.91. The Morgan fingerprint density at radius 2 is 1.92 bits per heavy atom. The molecule has 9 nitrogen and oxygen atoms in total. The minimum Gasteiger partial charge on any atom is -0.378 e. The number of para-hydroxylation sites is 1. The number of ether oxygens (including phenoxy) is 2. The minimum atomic E-state index is -0.201. The number of hydrogen-bond acceptors (Lipinski definition) is 8. The second-order valence-corrected chi connectivity index (χ2v) is 11.3. The molecule has 1 spiro atoms. The second-order valence-electron chi connectivity index (χ2n) is 10.2. The fourth-order valence-corrected chi connectivity index (χ4v) is 6.80. The summed E-state index contributed by atoms with van der Waals surface area (Å²) in [6, 6.07) is 10.5. The van der Waals surface area contributed by atoms with Crippen molar-refractivity contribution in [3.8, 4) is 11.4 Å². The first-order chi connectivity index (χ1) is 18.2. The van der Waals surface area contributed by atoms with Gasteiger partial charge in [0, 0.05) is 66.8 Å². The number of nitrogens with one attached hydrogen (secondary N) is 2. The van der Waals surface area contributed by atoms with E-state index in [2.05, 4.69) is 44.4 Å². The number of carbonyl (C=O) groups is 1. The van der Waals surface area contributed by atoms with E-state index >= 15 is 0 Å². The lowest BCUT2D eigenvalue weighted by atomic mass is 9.90. The van der Waals surface area contributed by atoms with Crippen LogP contribution in [0.15, 0.2) is 36.5 Å². The number of benzene rings is 1. The Labute approximate surface area is 218 Å². The van der Waals surface area contributed by atoms with Gasteiger partial charge in [-0.15, -0.1) is 11.3 Å². The molecular formula is C27H30N6O3S. The molecule has 10 heteroatoms. The summed E-state index contributed by atoms with van der Waals surface area (Å²) < 4.78 is 12.7. The lowest BCUT2D eigenvalue weighted by Gasteiger charge is -2.43. The number of nitrogens with zero attached hydrogens (tertiary/aromatic N) is 4. The molecule has 3 aliphatic rings. The molecule has 6 heterocycles. The van der Waals surface area contributed by atoms with Gasteiger partial charge in [0.1, 0.15) is 6.61 Å². The monoisotopic (exact) mass is 518 g/mol. The number of carbonyl (C=O) groups excluding carboxylic acids is 1. The summed E-state index contributed by atoms with van der Waals surface area (Å²) in [5.74, 6) is 1.75. The zero-order chi connectivity index (χ0) is 24.8. The molecular weight excluding hydrogens is 488 g/mol. The van der Waals surface area contributed by atoms with Gasteiger partial charge in [0.05, 0.1) is 29.0 Å². The van der Waals surface area contributed by atoms with Gasteiger partial charge in [-0.1, -0.05) is 18.2 Å². The largest absolute Gasteiger partial charge is 0.378 e. The molecule has 4 aromatic rings. The highest BCUT2D eigenvalue weighted by atomic mass is 32.1. The lowest BCUT2D eigenvalue weighted by Crippen LogP contribution is -2.57. The van der Waals surface area contributed by atoms with Gasteiger partial charge < -0.3 is 24.7 Å². The van der Waals surface area contributed by atoms with Crippen molar-refractivity contribution in [2.24, 2.45) is 0 Å². The van der Waals surface area contributed by atoms with Crippen LogP contribution in [0.25, 0.3) is 32.5 Å². The average Bonchev–Trinajstić information content (AvgIpc) is 3.56. The average molecular weight is 519 g/mol. The Bertz CT molecular complexity index is 1440. The number of hydrogen-bond donors (Lipinski definition) is 2. The third kappa shape index (κ3) is 4.37. The maximum atomic E-state index is 11.5. The maximum Gasteiger partial charge on any atom is 0.246 e. The number of thiophene rings is 1. The Balaban J connectivity index is 1.19. The molecule has 37 heavy (non-hydrogen) atoms. The fraction of sp³-hybridized carbons (Fsp3) is 0.444. The molecule has 0 atom stereocenters. The molecule has 192 valence electrons. The molecule has 3 saturated heterocycles. The molecule has 0 aliphatic carbocycles. The van der Waals surface area contributed by atoms with E-state index < -0.39 is 0 Å². The Morgan fingerprint density at radius 1 is 1.08 bits per heavy atom. The highest BCUT2D eigenvalue weighted by Crippen LogP contribution is 2.37. The highest BCUT2D eigenvalue weighted by molar-refractivity contribution is 7.19. The van der Waals surface area contributed by atoms with Gasteiger partial charge in [0.15, 0.2) is 11.6 Å². The fourth-order valence-electron chi connectivity index (χ4n) is 5.65. The Morgan fingerprint density at radius 3 is 2.73 bits per heavy atom. The van der Waals surface area contributed by atoms with E-state index in [-0.39, 0.29) is 18.1 Å². The number of H-pyrrole nitrogens is 1. The van der Waals surface area contributed by atoms with Gasteiger partial charge in [0.2, 0.25) is 5.91 Å². The van der Waals surface area contributed by atoms with E-state index in [1.807, 2.05) is 12.3 Å². The number of piperidine rings is 1. The number of fused-ring (bicyclic) bond motifs is 2. The van der Waals surface area contributed by atoms with E-state index in [4.69, 9.17) is 19.4 Å². The summed E-state index contributed by atoms with van der Waals surface area (Å²) in [7, 11) is 0.